The van der Waals surface area contributed by atoms with Crippen molar-refractivity contribution >= 4 is 51.9 Å². The number of pyridine rings is 1. The maximum atomic E-state index is 12.7. The third kappa shape index (κ3) is 4.38. The molecule has 0 bridgehead atoms. The van der Waals surface area contributed by atoms with Crippen LogP contribution in [-0.4, -0.2) is 21.7 Å². The summed E-state index contributed by atoms with van der Waals surface area (Å²) in [6.45, 7) is 0. The quantitative estimate of drug-likeness (QED) is 0.177. The van der Waals surface area contributed by atoms with Crippen LogP contribution in [-0.2, 0) is 9.59 Å². The minimum atomic E-state index is -0.539. The molecule has 0 aliphatic carbocycles. The van der Waals surface area contributed by atoms with Crippen LogP contribution in [0.2, 0.25) is 0 Å². The molecule has 9 nitrogen and oxygen atoms in total. The number of nitrogens with zero attached hydrogens (tertiary/aromatic N) is 3. The van der Waals surface area contributed by atoms with Crippen LogP contribution < -0.4 is 15.2 Å². The number of carbonyl (C=O) groups excluding carboxylic acids is 2. The van der Waals surface area contributed by atoms with Crippen molar-refractivity contribution in [1.82, 2.24) is 10.4 Å². The number of anilines is 1. The normalized spacial score (nSPS) is 14.6. The number of amides is 2. The van der Waals surface area contributed by atoms with Crippen LogP contribution in [0.1, 0.15) is 5.56 Å². The van der Waals surface area contributed by atoms with Gasteiger partial charge in [-0.1, -0.05) is 24.3 Å². The number of hydrogen-bond donors (Lipinski definition) is 1. The van der Waals surface area contributed by atoms with Crippen molar-refractivity contribution in [3.63, 3.8) is 0 Å². The van der Waals surface area contributed by atoms with Crippen LogP contribution in [0.25, 0.3) is 6.08 Å². The van der Waals surface area contributed by atoms with Gasteiger partial charge in [0.2, 0.25) is 5.88 Å². The van der Waals surface area contributed by atoms with Gasteiger partial charge in [-0.3, -0.25) is 25.1 Å². The Bertz CT molecular complexity index is 1210. The smallest absolute Gasteiger partial charge is 0.287 e. The van der Waals surface area contributed by atoms with Crippen LogP contribution >= 0.6 is 22.6 Å². The van der Waals surface area contributed by atoms with E-state index in [0.29, 0.717) is 20.6 Å². The number of para-hydroxylation sites is 1. The van der Waals surface area contributed by atoms with E-state index in [4.69, 9.17) is 4.74 Å². The highest BCUT2D eigenvalue weighted by Crippen LogP contribution is 2.29. The molecular weight excluding hydrogens is 515 g/mol. The fraction of sp³-hybridized carbons (Fsp3) is 0. The van der Waals surface area contributed by atoms with Gasteiger partial charge < -0.3 is 4.74 Å². The maximum absolute atomic E-state index is 12.7. The zero-order valence-electron chi connectivity index (χ0n) is 15.7. The van der Waals surface area contributed by atoms with E-state index in [-0.39, 0.29) is 17.1 Å². The number of nitro groups is 1. The zero-order valence-corrected chi connectivity index (χ0v) is 17.8. The Hall–Kier alpha value is -3.80. The Morgan fingerprint density at radius 1 is 1.10 bits per heavy atom. The molecule has 1 aliphatic heterocycles. The minimum absolute atomic E-state index is 0.0188. The van der Waals surface area contributed by atoms with E-state index < -0.39 is 16.7 Å². The molecule has 0 unspecified atom stereocenters. The molecule has 2 heterocycles. The van der Waals surface area contributed by atoms with Gasteiger partial charge in [-0.05, 0) is 58.5 Å². The number of carbonyl (C=O) groups is 2. The van der Waals surface area contributed by atoms with E-state index >= 15 is 0 Å². The fourth-order valence-electron chi connectivity index (χ4n) is 2.83. The summed E-state index contributed by atoms with van der Waals surface area (Å²) in [5.74, 6) is -0.239. The first-order valence-corrected chi connectivity index (χ1v) is 10.0. The minimum Gasteiger partial charge on any atom is -0.438 e. The molecular formula is C21H13IN4O5. The summed E-state index contributed by atoms with van der Waals surface area (Å²) in [4.78, 5) is 39.1. The number of halogens is 1. The molecule has 0 radical (unpaired) electrons. The summed E-state index contributed by atoms with van der Waals surface area (Å²) in [6.07, 6.45) is 2.63. The SMILES string of the molecule is O=C1NN(c2ccccc2)C(=O)/C1=C\c1ccc(Oc2ccc([N+](=O)[O-])cn2)c(I)c1. The van der Waals surface area contributed by atoms with Crippen molar-refractivity contribution in [2.75, 3.05) is 5.01 Å². The van der Waals surface area contributed by atoms with Crippen LogP contribution in [0, 0.1) is 13.7 Å². The monoisotopic (exact) mass is 528 g/mol. The zero-order chi connectivity index (χ0) is 22.0. The van der Waals surface area contributed by atoms with E-state index in [1.165, 1.54) is 23.2 Å². The van der Waals surface area contributed by atoms with Gasteiger partial charge in [-0.2, -0.15) is 0 Å². The van der Waals surface area contributed by atoms with Crippen molar-refractivity contribution in [2.24, 2.45) is 0 Å². The second-order valence-electron chi connectivity index (χ2n) is 6.38. The predicted octanol–water partition coefficient (Wildman–Crippen LogP) is 3.85. The molecule has 4 rings (SSSR count). The van der Waals surface area contributed by atoms with E-state index in [9.17, 15) is 19.7 Å². The first-order chi connectivity index (χ1) is 14.9. The summed E-state index contributed by atoms with van der Waals surface area (Å²) >= 11 is 2.05. The van der Waals surface area contributed by atoms with E-state index in [0.717, 1.165) is 6.20 Å². The van der Waals surface area contributed by atoms with E-state index in [1.54, 1.807) is 42.5 Å². The van der Waals surface area contributed by atoms with Crippen molar-refractivity contribution in [3.8, 4) is 11.6 Å². The lowest BCUT2D eigenvalue weighted by molar-refractivity contribution is -0.385. The topological polar surface area (TPSA) is 115 Å². The second kappa shape index (κ2) is 8.52. The van der Waals surface area contributed by atoms with Gasteiger partial charge in [-0.15, -0.1) is 0 Å². The Balaban J connectivity index is 1.54. The molecule has 1 saturated heterocycles. The molecule has 0 spiro atoms. The van der Waals surface area contributed by atoms with Gasteiger partial charge >= 0.3 is 0 Å². The number of nitrogens with one attached hydrogen (secondary N) is 1. The summed E-state index contributed by atoms with van der Waals surface area (Å²) in [5, 5.41) is 11.9. The van der Waals surface area contributed by atoms with Crippen LogP contribution in [0.5, 0.6) is 11.6 Å². The molecule has 1 N–H and O–H groups in total. The van der Waals surface area contributed by atoms with Crippen LogP contribution in [0.15, 0.2) is 72.4 Å². The standard InChI is InChI=1S/C21H13IN4O5/c22-17-11-13(6-8-18(17)31-19-9-7-15(12-23-19)26(29)30)10-16-20(27)24-25(21(16)28)14-4-2-1-3-5-14/h1-12H,(H,24,27)/b16-10-. The molecule has 154 valence electrons. The molecule has 10 heteroatoms. The maximum Gasteiger partial charge on any atom is 0.287 e. The summed E-state index contributed by atoms with van der Waals surface area (Å²) in [7, 11) is 0. The van der Waals surface area contributed by atoms with Crippen molar-refractivity contribution in [1.29, 1.82) is 0 Å². The fourth-order valence-corrected chi connectivity index (χ4v) is 3.48. The van der Waals surface area contributed by atoms with Crippen LogP contribution in [0.4, 0.5) is 11.4 Å². The molecule has 1 aromatic heterocycles. The van der Waals surface area contributed by atoms with Crippen molar-refractivity contribution in [3.05, 3.63) is 91.7 Å². The largest absolute Gasteiger partial charge is 0.438 e. The molecule has 3 aromatic rings. The van der Waals surface area contributed by atoms with Crippen molar-refractivity contribution < 1.29 is 19.2 Å². The van der Waals surface area contributed by atoms with Gasteiger partial charge in [0.15, 0.2) is 0 Å². The summed E-state index contributed by atoms with van der Waals surface area (Å²) < 4.78 is 6.38. The second-order valence-corrected chi connectivity index (χ2v) is 7.54. The van der Waals surface area contributed by atoms with Crippen LogP contribution in [0.3, 0.4) is 0 Å². The summed E-state index contributed by atoms with van der Waals surface area (Å²) in [6, 6.07) is 16.6. The van der Waals surface area contributed by atoms with Gasteiger partial charge in [0.1, 0.15) is 17.5 Å². The predicted molar refractivity (Wildman–Crippen MR) is 120 cm³/mol. The number of ether oxygens (including phenoxy) is 1. The number of aromatic nitrogens is 1. The van der Waals surface area contributed by atoms with E-state index in [2.05, 4.69) is 33.0 Å². The lowest BCUT2D eigenvalue weighted by Crippen LogP contribution is -2.35. The highest BCUT2D eigenvalue weighted by Gasteiger charge is 2.34. The first kappa shape index (κ1) is 20.5. The average Bonchev–Trinajstić information content (AvgIpc) is 3.05. The first-order valence-electron chi connectivity index (χ1n) is 8.92. The molecule has 1 aliphatic rings. The third-order valence-corrected chi connectivity index (χ3v) is 5.16. The Kier molecular flexibility index (Phi) is 5.62. The molecule has 31 heavy (non-hydrogen) atoms. The molecule has 0 saturated carbocycles. The van der Waals surface area contributed by atoms with Gasteiger partial charge in [0.25, 0.3) is 17.5 Å². The third-order valence-electron chi connectivity index (χ3n) is 4.32. The molecule has 0 atom stereocenters. The Morgan fingerprint density at radius 3 is 2.52 bits per heavy atom. The number of hydrazine groups is 1. The lowest BCUT2D eigenvalue weighted by atomic mass is 10.1. The van der Waals surface area contributed by atoms with Gasteiger partial charge in [0.05, 0.1) is 14.2 Å². The number of rotatable bonds is 5. The number of benzene rings is 2. The lowest BCUT2D eigenvalue weighted by Gasteiger charge is -2.13. The highest BCUT2D eigenvalue weighted by molar-refractivity contribution is 14.1. The average molecular weight is 528 g/mol. The highest BCUT2D eigenvalue weighted by atomic mass is 127. The Labute approximate surface area is 189 Å². The number of hydrogen-bond acceptors (Lipinski definition) is 6. The molecule has 2 amide bonds. The molecule has 1 fully saturated rings. The van der Waals surface area contributed by atoms with Gasteiger partial charge in [-0.25, -0.2) is 9.99 Å². The van der Waals surface area contributed by atoms with E-state index in [1.807, 2.05) is 6.07 Å². The van der Waals surface area contributed by atoms with Gasteiger partial charge in [0, 0.05) is 12.1 Å². The van der Waals surface area contributed by atoms with Crippen molar-refractivity contribution in [2.45, 2.75) is 0 Å². The molecule has 2 aromatic carbocycles. The summed E-state index contributed by atoms with van der Waals surface area (Å²) in [5.41, 5.74) is 3.65. The Morgan fingerprint density at radius 2 is 1.87 bits per heavy atom.